The highest BCUT2D eigenvalue weighted by Crippen LogP contribution is 2.42. The van der Waals surface area contributed by atoms with Crippen molar-refractivity contribution in [2.45, 2.75) is 6.29 Å². The number of esters is 1. The Hall–Kier alpha value is -3.69. The van der Waals surface area contributed by atoms with Crippen molar-refractivity contribution in [3.05, 3.63) is 54.1 Å². The molecule has 28 heavy (non-hydrogen) atoms. The lowest BCUT2D eigenvalue weighted by Gasteiger charge is -2.08. The van der Waals surface area contributed by atoms with Gasteiger partial charge in [0, 0.05) is 17.3 Å². The first kappa shape index (κ1) is 19.1. The van der Waals surface area contributed by atoms with E-state index in [-0.39, 0.29) is 17.2 Å². The molecule has 0 unspecified atom stereocenters. The zero-order chi connectivity index (χ0) is 20.1. The first-order valence-electron chi connectivity index (χ1n) is 8.01. The Morgan fingerprint density at radius 1 is 1.00 bits per heavy atom. The van der Waals surface area contributed by atoms with Gasteiger partial charge in [-0.05, 0) is 24.3 Å². The molecule has 0 aromatic heterocycles. The van der Waals surface area contributed by atoms with Crippen molar-refractivity contribution in [3.63, 3.8) is 0 Å². The summed E-state index contributed by atoms with van der Waals surface area (Å²) in [7, 11) is 0. The molecule has 0 saturated carbocycles. The summed E-state index contributed by atoms with van der Waals surface area (Å²) in [5, 5.41) is 4.72. The van der Waals surface area contributed by atoms with Crippen molar-refractivity contribution in [3.8, 4) is 11.5 Å². The largest absolute Gasteiger partial charge is 0.586 e. The van der Waals surface area contributed by atoms with Crippen molar-refractivity contribution in [2.24, 2.45) is 0 Å². The molecular weight excluding hydrogens is 378 g/mol. The van der Waals surface area contributed by atoms with E-state index in [1.54, 1.807) is 30.3 Å². The molecule has 0 fully saturated rings. The molecule has 3 rings (SSSR count). The van der Waals surface area contributed by atoms with Crippen LogP contribution < -0.4 is 20.1 Å². The molecule has 2 aromatic carbocycles. The fraction of sp³-hybridized carbons (Fsp3) is 0.167. The van der Waals surface area contributed by atoms with Gasteiger partial charge in [0.25, 0.3) is 11.8 Å². The van der Waals surface area contributed by atoms with Crippen LogP contribution in [0.1, 0.15) is 10.4 Å². The lowest BCUT2D eigenvalue weighted by molar-refractivity contribution is -0.286. The molecule has 1 aliphatic heterocycles. The van der Waals surface area contributed by atoms with Crippen molar-refractivity contribution >= 4 is 23.5 Å². The molecule has 2 N–H and O–H groups in total. The number of hydrogen-bond donors (Lipinski definition) is 2. The second-order valence-corrected chi connectivity index (χ2v) is 5.59. The number of carbonyl (C=O) groups is 3. The number of carbonyl (C=O) groups excluding carboxylic acids is 3. The number of alkyl halides is 2. The molecule has 8 nitrogen and oxygen atoms in total. The number of halogens is 2. The van der Waals surface area contributed by atoms with Gasteiger partial charge in [-0.2, -0.15) is 0 Å². The van der Waals surface area contributed by atoms with Crippen molar-refractivity contribution in [1.29, 1.82) is 0 Å². The minimum atomic E-state index is -3.76. The number of amides is 2. The zero-order valence-corrected chi connectivity index (χ0v) is 14.2. The monoisotopic (exact) mass is 392 g/mol. The van der Waals surface area contributed by atoms with E-state index in [0.29, 0.717) is 5.56 Å². The average Bonchev–Trinajstić information content (AvgIpc) is 2.98. The topological polar surface area (TPSA) is 103 Å². The van der Waals surface area contributed by atoms with E-state index in [1.807, 2.05) is 0 Å². The minimum Gasteiger partial charge on any atom is -0.454 e. The molecule has 1 heterocycles. The maximum atomic E-state index is 13.0. The fourth-order valence-corrected chi connectivity index (χ4v) is 2.26. The average molecular weight is 392 g/mol. The summed E-state index contributed by atoms with van der Waals surface area (Å²) in [5.74, 6) is -2.37. The maximum Gasteiger partial charge on any atom is 0.586 e. The predicted molar refractivity (Wildman–Crippen MR) is 91.0 cm³/mol. The lowest BCUT2D eigenvalue weighted by Crippen LogP contribution is -2.32. The number of anilines is 1. The van der Waals surface area contributed by atoms with Crippen molar-refractivity contribution in [1.82, 2.24) is 5.32 Å². The summed E-state index contributed by atoms with van der Waals surface area (Å²) in [6.07, 6.45) is -3.76. The third-order valence-corrected chi connectivity index (χ3v) is 3.48. The molecule has 2 aromatic rings. The highest BCUT2D eigenvalue weighted by molar-refractivity contribution is 5.96. The van der Waals surface area contributed by atoms with Gasteiger partial charge in [0.15, 0.2) is 18.1 Å². The van der Waals surface area contributed by atoms with Gasteiger partial charge in [0.1, 0.15) is 6.54 Å². The summed E-state index contributed by atoms with van der Waals surface area (Å²) in [5.41, 5.74) is 0.528. The highest BCUT2D eigenvalue weighted by Gasteiger charge is 2.43. The Bertz CT molecular complexity index is 904. The van der Waals surface area contributed by atoms with Crippen LogP contribution in [0.4, 0.5) is 14.5 Å². The third-order valence-electron chi connectivity index (χ3n) is 3.48. The molecule has 0 radical (unpaired) electrons. The van der Waals surface area contributed by atoms with Crippen LogP contribution in [0.2, 0.25) is 0 Å². The molecule has 1 aliphatic rings. The molecule has 2 amide bonds. The summed E-state index contributed by atoms with van der Waals surface area (Å²) < 4.78 is 39.2. The number of ether oxygens (including phenoxy) is 3. The van der Waals surface area contributed by atoms with Gasteiger partial charge >= 0.3 is 12.3 Å². The van der Waals surface area contributed by atoms with Crippen LogP contribution in [0.3, 0.4) is 0 Å². The lowest BCUT2D eigenvalue weighted by atomic mass is 10.2. The molecule has 0 bridgehead atoms. The third kappa shape index (κ3) is 4.93. The van der Waals surface area contributed by atoms with E-state index in [0.717, 1.165) is 6.07 Å². The molecule has 10 heteroatoms. The van der Waals surface area contributed by atoms with E-state index in [1.165, 1.54) is 12.1 Å². The van der Waals surface area contributed by atoms with Crippen molar-refractivity contribution in [2.75, 3.05) is 18.5 Å². The van der Waals surface area contributed by atoms with Gasteiger partial charge in [-0.3, -0.25) is 14.4 Å². The second kappa shape index (κ2) is 7.91. The maximum absolute atomic E-state index is 13.0. The number of hydrogen-bond acceptors (Lipinski definition) is 6. The van der Waals surface area contributed by atoms with Crippen LogP contribution in [0.25, 0.3) is 0 Å². The number of rotatable bonds is 6. The van der Waals surface area contributed by atoms with Crippen LogP contribution >= 0.6 is 0 Å². The van der Waals surface area contributed by atoms with Crippen LogP contribution in [0.5, 0.6) is 11.5 Å². The second-order valence-electron chi connectivity index (χ2n) is 5.59. The summed E-state index contributed by atoms with van der Waals surface area (Å²) in [6, 6.07) is 11.9. The molecule has 0 saturated heterocycles. The minimum absolute atomic E-state index is 0.151. The molecule has 0 spiro atoms. The van der Waals surface area contributed by atoms with Gasteiger partial charge in [0.2, 0.25) is 0 Å². The Morgan fingerprint density at radius 2 is 1.71 bits per heavy atom. The summed E-state index contributed by atoms with van der Waals surface area (Å²) in [6.45, 7) is -1.04. The van der Waals surface area contributed by atoms with Gasteiger partial charge in [0.05, 0.1) is 0 Å². The summed E-state index contributed by atoms with van der Waals surface area (Å²) >= 11 is 0. The molecular formula is C18H14F2N2O6. The van der Waals surface area contributed by atoms with Gasteiger partial charge < -0.3 is 24.8 Å². The van der Waals surface area contributed by atoms with Gasteiger partial charge in [-0.1, -0.05) is 18.2 Å². The number of benzene rings is 2. The number of fused-ring (bicyclic) bond motifs is 1. The first-order valence-corrected chi connectivity index (χ1v) is 8.01. The quantitative estimate of drug-likeness (QED) is 0.728. The van der Waals surface area contributed by atoms with Crippen LogP contribution in [0, 0.1) is 0 Å². The Kier molecular flexibility index (Phi) is 5.39. The predicted octanol–water partition coefficient (Wildman–Crippen LogP) is 1.92. The molecule has 146 valence electrons. The fourth-order valence-electron chi connectivity index (χ4n) is 2.26. The summed E-state index contributed by atoms with van der Waals surface area (Å²) in [4.78, 5) is 35.2. The number of nitrogens with one attached hydrogen (secondary N) is 2. The first-order chi connectivity index (χ1) is 13.3. The Balaban J connectivity index is 1.42. The van der Waals surface area contributed by atoms with E-state index in [2.05, 4.69) is 20.1 Å². The highest BCUT2D eigenvalue weighted by atomic mass is 19.3. The Labute approximate surface area is 157 Å². The van der Waals surface area contributed by atoms with E-state index >= 15 is 0 Å². The standard InChI is InChI=1S/C18H14F2N2O6/c19-18(20)27-13-7-6-12(8-14(13)28-18)22-15(23)10-26-16(24)9-21-17(25)11-4-2-1-3-5-11/h1-8H,9-10H2,(H,21,25)(H,22,23). The van der Waals surface area contributed by atoms with Crippen LogP contribution in [-0.2, 0) is 14.3 Å². The molecule has 0 aliphatic carbocycles. The normalized spacial score (nSPS) is 13.5. The van der Waals surface area contributed by atoms with Crippen LogP contribution in [-0.4, -0.2) is 37.2 Å². The Morgan fingerprint density at radius 3 is 2.46 bits per heavy atom. The van der Waals surface area contributed by atoms with E-state index < -0.39 is 37.2 Å². The van der Waals surface area contributed by atoms with Crippen LogP contribution in [0.15, 0.2) is 48.5 Å². The van der Waals surface area contributed by atoms with E-state index in [9.17, 15) is 23.2 Å². The smallest absolute Gasteiger partial charge is 0.454 e. The van der Waals surface area contributed by atoms with Gasteiger partial charge in [-0.15, -0.1) is 8.78 Å². The van der Waals surface area contributed by atoms with Gasteiger partial charge in [-0.25, -0.2) is 0 Å². The van der Waals surface area contributed by atoms with Crippen molar-refractivity contribution < 1.29 is 37.4 Å². The van der Waals surface area contributed by atoms with E-state index in [4.69, 9.17) is 4.74 Å². The molecule has 0 atom stereocenters. The zero-order valence-electron chi connectivity index (χ0n) is 14.2. The SMILES string of the molecule is O=C(COC(=O)CNC(=O)c1ccccc1)Nc1ccc2c(c1)OC(F)(F)O2.